The minimum Gasteiger partial charge on any atom is -0.469 e. The molecule has 1 atom stereocenters. The molecule has 0 radical (unpaired) electrons. The van der Waals surface area contributed by atoms with E-state index in [0.29, 0.717) is 37.2 Å². The molecule has 3 amide bonds. The lowest BCUT2D eigenvalue weighted by Gasteiger charge is -2.31. The number of para-hydroxylation sites is 1. The van der Waals surface area contributed by atoms with Crippen LogP contribution < -0.4 is 10.6 Å². The predicted octanol–water partition coefficient (Wildman–Crippen LogP) is 0.929. The molecule has 0 aromatic heterocycles. The number of hydrogen-bond acceptors (Lipinski definition) is 5. The van der Waals surface area contributed by atoms with Crippen LogP contribution in [0.2, 0.25) is 0 Å². The van der Waals surface area contributed by atoms with Gasteiger partial charge in [0.05, 0.1) is 24.3 Å². The smallest absolute Gasteiger partial charge is 0.308 e. The summed E-state index contributed by atoms with van der Waals surface area (Å²) in [6.45, 7) is 0.987. The molecular weight excluding hydrogens is 350 g/mol. The number of carbonyl (C=O) groups excluding carboxylic acids is 4. The normalized spacial score (nSPS) is 20.2. The lowest BCUT2D eigenvalue weighted by molar-refractivity contribution is -0.149. The molecule has 8 heteroatoms. The minimum atomic E-state index is -0.763. The van der Waals surface area contributed by atoms with Crippen LogP contribution in [0.1, 0.15) is 36.0 Å². The molecule has 144 valence electrons. The first-order chi connectivity index (χ1) is 13.0. The second-order valence-corrected chi connectivity index (χ2v) is 6.78. The molecular formula is C19H23N3O5. The van der Waals surface area contributed by atoms with E-state index < -0.39 is 6.04 Å². The first-order valence-corrected chi connectivity index (χ1v) is 9.06. The van der Waals surface area contributed by atoms with Gasteiger partial charge in [-0.25, -0.2) is 0 Å². The summed E-state index contributed by atoms with van der Waals surface area (Å²) >= 11 is 0. The molecule has 0 saturated carbocycles. The molecule has 2 aliphatic rings. The van der Waals surface area contributed by atoms with E-state index in [1.165, 1.54) is 7.11 Å². The van der Waals surface area contributed by atoms with Crippen LogP contribution >= 0.6 is 0 Å². The van der Waals surface area contributed by atoms with Gasteiger partial charge in [-0.3, -0.25) is 19.2 Å². The number of methoxy groups -OCH3 is 1. The molecule has 1 saturated heterocycles. The van der Waals surface area contributed by atoms with Crippen LogP contribution in [0.3, 0.4) is 0 Å². The Morgan fingerprint density at radius 2 is 1.89 bits per heavy atom. The minimum absolute atomic E-state index is 0.0814. The van der Waals surface area contributed by atoms with Crippen LogP contribution in [-0.4, -0.2) is 54.8 Å². The van der Waals surface area contributed by atoms with Crippen LogP contribution in [-0.2, 0) is 19.1 Å². The van der Waals surface area contributed by atoms with Gasteiger partial charge in [0.25, 0.3) is 5.91 Å². The quantitative estimate of drug-likeness (QED) is 0.764. The van der Waals surface area contributed by atoms with Crippen molar-refractivity contribution in [3.8, 4) is 0 Å². The zero-order valence-electron chi connectivity index (χ0n) is 15.2. The van der Waals surface area contributed by atoms with Crippen molar-refractivity contribution in [3.05, 3.63) is 29.8 Å². The summed E-state index contributed by atoms with van der Waals surface area (Å²) in [5.74, 6) is -1.14. The Kier molecular flexibility index (Phi) is 5.73. The Labute approximate surface area is 157 Å². The van der Waals surface area contributed by atoms with Gasteiger partial charge >= 0.3 is 5.97 Å². The third kappa shape index (κ3) is 4.27. The zero-order chi connectivity index (χ0) is 19.4. The van der Waals surface area contributed by atoms with Crippen molar-refractivity contribution in [1.82, 2.24) is 10.2 Å². The second kappa shape index (κ2) is 8.20. The number of carbonyl (C=O) groups is 4. The number of anilines is 1. The first kappa shape index (κ1) is 18.9. The first-order valence-electron chi connectivity index (χ1n) is 9.06. The SMILES string of the molecule is COC(=O)C1CCN(C(=O)CCC2NC(=O)c3ccccc3NC2=O)CC1. The fourth-order valence-electron chi connectivity index (χ4n) is 3.47. The molecule has 2 N–H and O–H groups in total. The summed E-state index contributed by atoms with van der Waals surface area (Å²) in [7, 11) is 1.37. The van der Waals surface area contributed by atoms with Gasteiger partial charge in [-0.05, 0) is 31.4 Å². The van der Waals surface area contributed by atoms with E-state index in [4.69, 9.17) is 4.74 Å². The maximum atomic E-state index is 12.4. The van der Waals surface area contributed by atoms with Crippen molar-refractivity contribution in [3.63, 3.8) is 0 Å². The van der Waals surface area contributed by atoms with Crippen molar-refractivity contribution >= 4 is 29.4 Å². The Balaban J connectivity index is 1.53. The Bertz CT molecular complexity index is 755. The molecule has 3 rings (SSSR count). The number of amides is 3. The van der Waals surface area contributed by atoms with Crippen LogP contribution in [0.25, 0.3) is 0 Å². The van der Waals surface area contributed by atoms with Crippen LogP contribution in [0.15, 0.2) is 24.3 Å². The molecule has 1 aromatic rings. The van der Waals surface area contributed by atoms with E-state index in [1.54, 1.807) is 29.2 Å². The van der Waals surface area contributed by atoms with Gasteiger partial charge in [0.1, 0.15) is 6.04 Å². The summed E-state index contributed by atoms with van der Waals surface area (Å²) in [5.41, 5.74) is 0.878. The largest absolute Gasteiger partial charge is 0.469 e. The van der Waals surface area contributed by atoms with E-state index in [-0.39, 0.29) is 42.5 Å². The zero-order valence-corrected chi connectivity index (χ0v) is 15.2. The highest BCUT2D eigenvalue weighted by Crippen LogP contribution is 2.21. The summed E-state index contributed by atoms with van der Waals surface area (Å²) in [6.07, 6.45) is 1.53. The Hall–Kier alpha value is -2.90. The number of piperidine rings is 1. The number of hydrogen-bond donors (Lipinski definition) is 2. The number of fused-ring (bicyclic) bond motifs is 1. The maximum absolute atomic E-state index is 12.4. The van der Waals surface area contributed by atoms with E-state index >= 15 is 0 Å². The fourth-order valence-corrected chi connectivity index (χ4v) is 3.47. The average Bonchev–Trinajstić information content (AvgIpc) is 2.81. The summed E-state index contributed by atoms with van der Waals surface area (Å²) in [5, 5.41) is 5.42. The number of nitrogens with zero attached hydrogens (tertiary/aromatic N) is 1. The molecule has 2 aliphatic heterocycles. The van der Waals surface area contributed by atoms with Gasteiger partial charge in [0, 0.05) is 19.5 Å². The second-order valence-electron chi connectivity index (χ2n) is 6.78. The van der Waals surface area contributed by atoms with Crippen LogP contribution in [0, 0.1) is 5.92 Å². The highest BCUT2D eigenvalue weighted by atomic mass is 16.5. The highest BCUT2D eigenvalue weighted by molar-refractivity contribution is 6.09. The van der Waals surface area contributed by atoms with Gasteiger partial charge in [-0.1, -0.05) is 12.1 Å². The van der Waals surface area contributed by atoms with Crippen LogP contribution in [0.4, 0.5) is 5.69 Å². The third-order valence-corrected chi connectivity index (χ3v) is 5.08. The van der Waals surface area contributed by atoms with Gasteiger partial charge < -0.3 is 20.3 Å². The lowest BCUT2D eigenvalue weighted by atomic mass is 9.96. The number of likely N-dealkylation sites (tertiary alicyclic amines) is 1. The molecule has 27 heavy (non-hydrogen) atoms. The topological polar surface area (TPSA) is 105 Å². The maximum Gasteiger partial charge on any atom is 0.308 e. The summed E-state index contributed by atoms with van der Waals surface area (Å²) in [6, 6.07) is 6.03. The number of rotatable bonds is 4. The summed E-state index contributed by atoms with van der Waals surface area (Å²) < 4.78 is 4.75. The average molecular weight is 373 g/mol. The number of ether oxygens (including phenoxy) is 1. The van der Waals surface area contributed by atoms with E-state index in [0.717, 1.165) is 0 Å². The molecule has 8 nitrogen and oxygen atoms in total. The molecule has 1 fully saturated rings. The summed E-state index contributed by atoms with van der Waals surface area (Å²) in [4.78, 5) is 50.4. The number of nitrogens with one attached hydrogen (secondary N) is 2. The highest BCUT2D eigenvalue weighted by Gasteiger charge is 2.30. The molecule has 1 aromatic carbocycles. The Morgan fingerprint density at radius 1 is 1.19 bits per heavy atom. The van der Waals surface area contributed by atoms with Crippen molar-refractivity contribution in [2.24, 2.45) is 5.92 Å². The van der Waals surface area contributed by atoms with E-state index in [2.05, 4.69) is 10.6 Å². The van der Waals surface area contributed by atoms with Gasteiger partial charge in [-0.2, -0.15) is 0 Å². The van der Waals surface area contributed by atoms with Gasteiger partial charge in [0.2, 0.25) is 11.8 Å². The van der Waals surface area contributed by atoms with Crippen molar-refractivity contribution in [2.45, 2.75) is 31.7 Å². The van der Waals surface area contributed by atoms with Crippen LogP contribution in [0.5, 0.6) is 0 Å². The lowest BCUT2D eigenvalue weighted by Crippen LogP contribution is -2.44. The number of benzene rings is 1. The van der Waals surface area contributed by atoms with Crippen molar-refractivity contribution in [2.75, 3.05) is 25.5 Å². The number of esters is 1. The molecule has 1 unspecified atom stereocenters. The monoisotopic (exact) mass is 373 g/mol. The van der Waals surface area contributed by atoms with E-state index in [9.17, 15) is 19.2 Å². The van der Waals surface area contributed by atoms with E-state index in [1.807, 2.05) is 0 Å². The predicted molar refractivity (Wildman–Crippen MR) is 96.9 cm³/mol. The van der Waals surface area contributed by atoms with Crippen molar-refractivity contribution in [1.29, 1.82) is 0 Å². The Morgan fingerprint density at radius 3 is 2.59 bits per heavy atom. The fraction of sp³-hybridized carbons (Fsp3) is 0.474. The van der Waals surface area contributed by atoms with Gasteiger partial charge in [-0.15, -0.1) is 0 Å². The molecule has 0 bridgehead atoms. The third-order valence-electron chi connectivity index (χ3n) is 5.08. The van der Waals surface area contributed by atoms with Crippen molar-refractivity contribution < 1.29 is 23.9 Å². The standard InChI is InChI=1S/C19H23N3O5/c1-27-19(26)12-8-10-22(11-9-12)16(23)7-6-15-18(25)20-14-5-3-2-4-13(14)17(24)21-15/h2-5,12,15H,6-11H2,1H3,(H,20,25)(H,21,24). The molecule has 0 aliphatic carbocycles. The van der Waals surface area contributed by atoms with Gasteiger partial charge in [0.15, 0.2) is 0 Å². The molecule has 2 heterocycles. The molecule has 0 spiro atoms.